The Bertz CT molecular complexity index is 263. The van der Waals surface area contributed by atoms with Crippen LogP contribution in [0.15, 0.2) is 0 Å². The summed E-state index contributed by atoms with van der Waals surface area (Å²) in [6, 6.07) is 0. The normalized spacial score (nSPS) is 15.2. The Labute approximate surface area is 160 Å². The summed E-state index contributed by atoms with van der Waals surface area (Å²) in [5, 5.41) is 0. The minimum Gasteiger partial charge on any atom is -0.378 e. The van der Waals surface area contributed by atoms with Crippen LogP contribution in [0.2, 0.25) is 0 Å². The molecule has 0 saturated carbocycles. The van der Waals surface area contributed by atoms with E-state index < -0.39 is 0 Å². The molecule has 0 saturated heterocycles. The average molecular weight is 355 g/mol. The second kappa shape index (κ2) is 17.4. The number of hydrogen-bond donors (Lipinski definition) is 0. The first-order valence-electron chi connectivity index (χ1n) is 11.8. The van der Waals surface area contributed by atoms with Crippen molar-refractivity contribution in [3.63, 3.8) is 0 Å². The fraction of sp³-hybridized carbons (Fsp3) is 1.00. The lowest BCUT2D eigenvalue weighted by Gasteiger charge is -2.41. The highest BCUT2D eigenvalue weighted by Crippen LogP contribution is 2.39. The molecular weight excluding hydrogens is 304 g/mol. The molecule has 2 atom stereocenters. The molecule has 0 N–H and O–H groups in total. The van der Waals surface area contributed by atoms with Crippen LogP contribution >= 0.6 is 0 Å². The maximum Gasteiger partial charge on any atom is 0.0706 e. The second-order valence-electron chi connectivity index (χ2n) is 8.23. The van der Waals surface area contributed by atoms with Gasteiger partial charge in [0.2, 0.25) is 0 Å². The van der Waals surface area contributed by atoms with E-state index in [9.17, 15) is 0 Å². The van der Waals surface area contributed by atoms with Crippen molar-refractivity contribution in [2.75, 3.05) is 7.11 Å². The Balaban J connectivity index is 4.77. The van der Waals surface area contributed by atoms with E-state index in [-0.39, 0.29) is 5.60 Å². The Kier molecular flexibility index (Phi) is 17.3. The maximum absolute atomic E-state index is 6.34. The van der Waals surface area contributed by atoms with Gasteiger partial charge in [-0.05, 0) is 31.6 Å². The zero-order valence-electron chi connectivity index (χ0n) is 18.5. The highest BCUT2D eigenvalue weighted by Gasteiger charge is 2.36. The summed E-state index contributed by atoms with van der Waals surface area (Å²) in [6.07, 6.45) is 23.0. The van der Waals surface area contributed by atoms with Gasteiger partial charge in [0, 0.05) is 7.11 Å². The zero-order valence-corrected chi connectivity index (χ0v) is 18.5. The first-order chi connectivity index (χ1) is 12.2. The summed E-state index contributed by atoms with van der Waals surface area (Å²) in [5.41, 5.74) is 0.157. The average Bonchev–Trinajstić information content (AvgIpc) is 2.64. The molecule has 0 rings (SSSR count). The lowest BCUT2D eigenvalue weighted by Crippen LogP contribution is -2.40. The van der Waals surface area contributed by atoms with Gasteiger partial charge in [0.25, 0.3) is 0 Å². The van der Waals surface area contributed by atoms with Crippen LogP contribution in [0.4, 0.5) is 0 Å². The van der Waals surface area contributed by atoms with Gasteiger partial charge in [-0.15, -0.1) is 0 Å². The van der Waals surface area contributed by atoms with Crippen LogP contribution in [0.5, 0.6) is 0 Å². The predicted octanol–water partition coefficient (Wildman–Crippen LogP) is 8.70. The van der Waals surface area contributed by atoms with Crippen LogP contribution in [0, 0.1) is 5.92 Å². The Morgan fingerprint density at radius 1 is 0.560 bits per heavy atom. The molecule has 0 radical (unpaired) electrons. The van der Waals surface area contributed by atoms with Crippen molar-refractivity contribution < 1.29 is 4.74 Å². The summed E-state index contributed by atoms with van der Waals surface area (Å²) in [6.45, 7) is 9.27. The van der Waals surface area contributed by atoms with E-state index in [1.165, 1.54) is 109 Å². The molecule has 0 aromatic rings. The first-order valence-corrected chi connectivity index (χ1v) is 11.8. The van der Waals surface area contributed by atoms with Gasteiger partial charge in [-0.2, -0.15) is 0 Å². The molecule has 152 valence electrons. The Morgan fingerprint density at radius 3 is 1.64 bits per heavy atom. The Morgan fingerprint density at radius 2 is 1.04 bits per heavy atom. The summed E-state index contributed by atoms with van der Waals surface area (Å²) in [4.78, 5) is 0. The smallest absolute Gasteiger partial charge is 0.0706 e. The van der Waals surface area contributed by atoms with Crippen molar-refractivity contribution in [3.05, 3.63) is 0 Å². The molecule has 0 bridgehead atoms. The lowest BCUT2D eigenvalue weighted by molar-refractivity contribution is -0.0805. The summed E-state index contributed by atoms with van der Waals surface area (Å²) >= 11 is 0. The molecule has 25 heavy (non-hydrogen) atoms. The second-order valence-corrected chi connectivity index (χ2v) is 8.23. The van der Waals surface area contributed by atoms with Gasteiger partial charge >= 0.3 is 0 Å². The lowest BCUT2D eigenvalue weighted by atomic mass is 9.74. The van der Waals surface area contributed by atoms with E-state index in [2.05, 4.69) is 27.7 Å². The topological polar surface area (TPSA) is 9.23 Å². The SMILES string of the molecule is CCCCCCCCC(CCCC)C(CCCC)(CCCCC)OC. The van der Waals surface area contributed by atoms with Gasteiger partial charge in [-0.25, -0.2) is 0 Å². The van der Waals surface area contributed by atoms with Crippen LogP contribution in [-0.2, 0) is 4.74 Å². The molecule has 2 unspecified atom stereocenters. The van der Waals surface area contributed by atoms with Crippen LogP contribution in [0.25, 0.3) is 0 Å². The maximum atomic E-state index is 6.34. The fourth-order valence-electron chi connectivity index (χ4n) is 4.35. The van der Waals surface area contributed by atoms with E-state index >= 15 is 0 Å². The molecule has 0 aromatic heterocycles. The summed E-state index contributed by atoms with van der Waals surface area (Å²) in [7, 11) is 2.00. The summed E-state index contributed by atoms with van der Waals surface area (Å²) < 4.78 is 6.34. The van der Waals surface area contributed by atoms with Gasteiger partial charge in [-0.1, -0.05) is 111 Å². The molecule has 0 aliphatic carbocycles. The predicted molar refractivity (Wildman–Crippen MR) is 114 cm³/mol. The third-order valence-electron chi connectivity index (χ3n) is 6.12. The zero-order chi connectivity index (χ0) is 18.8. The van der Waals surface area contributed by atoms with Crippen LogP contribution in [0.1, 0.15) is 137 Å². The number of unbranched alkanes of at least 4 members (excludes halogenated alkanes) is 9. The van der Waals surface area contributed by atoms with Gasteiger partial charge in [0.15, 0.2) is 0 Å². The molecule has 0 aliphatic rings. The third-order valence-corrected chi connectivity index (χ3v) is 6.12. The highest BCUT2D eigenvalue weighted by atomic mass is 16.5. The van der Waals surface area contributed by atoms with Gasteiger partial charge in [0.1, 0.15) is 0 Å². The van der Waals surface area contributed by atoms with Crippen molar-refractivity contribution in [3.8, 4) is 0 Å². The van der Waals surface area contributed by atoms with E-state index in [1.807, 2.05) is 7.11 Å². The molecule has 0 heterocycles. The standard InChI is InChI=1S/C24H50O/c1-6-10-14-15-16-17-20-23(19-12-8-3)24(25-5,21-13-9-4)22-18-11-7-2/h23H,6-22H2,1-5H3. The summed E-state index contributed by atoms with van der Waals surface area (Å²) in [5.74, 6) is 0.770. The van der Waals surface area contributed by atoms with Crippen molar-refractivity contribution in [2.45, 2.75) is 142 Å². The molecule has 0 fully saturated rings. The molecular formula is C24H50O. The first kappa shape index (κ1) is 25.0. The van der Waals surface area contributed by atoms with Crippen molar-refractivity contribution in [2.24, 2.45) is 5.92 Å². The van der Waals surface area contributed by atoms with Crippen molar-refractivity contribution in [1.82, 2.24) is 0 Å². The Hall–Kier alpha value is -0.0400. The largest absolute Gasteiger partial charge is 0.378 e. The van der Waals surface area contributed by atoms with Crippen molar-refractivity contribution in [1.29, 1.82) is 0 Å². The van der Waals surface area contributed by atoms with Crippen molar-refractivity contribution >= 4 is 0 Å². The number of methoxy groups -OCH3 is 1. The molecule has 0 aliphatic heterocycles. The van der Waals surface area contributed by atoms with Crippen LogP contribution in [-0.4, -0.2) is 12.7 Å². The van der Waals surface area contributed by atoms with Gasteiger partial charge < -0.3 is 4.74 Å². The minimum absolute atomic E-state index is 0.157. The molecule has 0 aromatic carbocycles. The highest BCUT2D eigenvalue weighted by molar-refractivity contribution is 4.88. The molecule has 1 heteroatoms. The van der Waals surface area contributed by atoms with E-state index in [4.69, 9.17) is 4.74 Å². The quantitative estimate of drug-likeness (QED) is 0.211. The molecule has 0 amide bonds. The number of rotatable bonds is 19. The number of ether oxygens (including phenoxy) is 1. The van der Waals surface area contributed by atoms with Gasteiger partial charge in [-0.3, -0.25) is 0 Å². The van der Waals surface area contributed by atoms with Crippen LogP contribution < -0.4 is 0 Å². The minimum atomic E-state index is 0.157. The molecule has 0 spiro atoms. The number of hydrogen-bond acceptors (Lipinski definition) is 1. The van der Waals surface area contributed by atoms with E-state index in [1.54, 1.807) is 0 Å². The third kappa shape index (κ3) is 11.3. The van der Waals surface area contributed by atoms with E-state index in [0.29, 0.717) is 0 Å². The van der Waals surface area contributed by atoms with Gasteiger partial charge in [0.05, 0.1) is 5.60 Å². The monoisotopic (exact) mass is 354 g/mol. The fourth-order valence-corrected chi connectivity index (χ4v) is 4.35. The van der Waals surface area contributed by atoms with E-state index in [0.717, 1.165) is 5.92 Å². The van der Waals surface area contributed by atoms with Crippen LogP contribution in [0.3, 0.4) is 0 Å². The molecule has 1 nitrogen and oxygen atoms in total.